The van der Waals surface area contributed by atoms with Gasteiger partial charge in [-0.15, -0.1) is 18.3 Å². The molecule has 0 saturated heterocycles. The summed E-state index contributed by atoms with van der Waals surface area (Å²) in [6, 6.07) is 3.60. The van der Waals surface area contributed by atoms with Crippen LogP contribution >= 0.6 is 23.2 Å². The summed E-state index contributed by atoms with van der Waals surface area (Å²) in [7, 11) is 0. The maximum atomic E-state index is 12.0. The number of furan rings is 1. The molecule has 0 aliphatic carbocycles. The van der Waals surface area contributed by atoms with Crippen LogP contribution in [0.5, 0.6) is 0 Å². The highest BCUT2D eigenvalue weighted by atomic mass is 35.5. The summed E-state index contributed by atoms with van der Waals surface area (Å²) in [5, 5.41) is 7.66. The SMILES string of the molecule is Cc1c(CCCCOC(F)(F)F)c(Cl)n2nc(Cl)nc(NCc3ccco3)c12. The van der Waals surface area contributed by atoms with Gasteiger partial charge in [-0.3, -0.25) is 4.74 Å². The van der Waals surface area contributed by atoms with Gasteiger partial charge in [0.25, 0.3) is 0 Å². The van der Waals surface area contributed by atoms with Gasteiger partial charge < -0.3 is 9.73 Å². The second-order valence-electron chi connectivity index (χ2n) is 6.07. The molecule has 6 nitrogen and oxygen atoms in total. The third kappa shape index (κ3) is 4.89. The van der Waals surface area contributed by atoms with Crippen LogP contribution in [0.2, 0.25) is 10.4 Å². The molecule has 0 radical (unpaired) electrons. The van der Waals surface area contributed by atoms with Gasteiger partial charge in [0.2, 0.25) is 5.28 Å². The summed E-state index contributed by atoms with van der Waals surface area (Å²) in [4.78, 5) is 4.23. The molecule has 0 aromatic carbocycles. The Morgan fingerprint density at radius 3 is 2.75 bits per heavy atom. The highest BCUT2D eigenvalue weighted by molar-refractivity contribution is 6.31. The van der Waals surface area contributed by atoms with E-state index in [4.69, 9.17) is 27.6 Å². The fourth-order valence-electron chi connectivity index (χ4n) is 2.89. The van der Waals surface area contributed by atoms with Crippen LogP contribution in [0.25, 0.3) is 5.52 Å². The average molecular weight is 437 g/mol. The zero-order chi connectivity index (χ0) is 20.3. The predicted molar refractivity (Wildman–Crippen MR) is 98.7 cm³/mol. The summed E-state index contributed by atoms with van der Waals surface area (Å²) in [6.07, 6.45) is -1.84. The van der Waals surface area contributed by atoms with Gasteiger partial charge in [-0.2, -0.15) is 4.98 Å². The Morgan fingerprint density at radius 1 is 1.29 bits per heavy atom. The molecule has 0 spiro atoms. The van der Waals surface area contributed by atoms with Gasteiger partial charge in [-0.05, 0) is 61.0 Å². The molecule has 3 aromatic rings. The summed E-state index contributed by atoms with van der Waals surface area (Å²) >= 11 is 12.5. The van der Waals surface area contributed by atoms with Crippen molar-refractivity contribution in [2.45, 2.75) is 39.1 Å². The van der Waals surface area contributed by atoms with Crippen molar-refractivity contribution in [1.29, 1.82) is 0 Å². The first-order chi connectivity index (χ1) is 13.3. The van der Waals surface area contributed by atoms with E-state index in [9.17, 15) is 13.2 Å². The number of unbranched alkanes of at least 4 members (excludes halogenated alkanes) is 1. The lowest BCUT2D eigenvalue weighted by Crippen LogP contribution is -2.14. The molecule has 0 bridgehead atoms. The fraction of sp³-hybridized carbons (Fsp3) is 0.412. The molecule has 0 atom stereocenters. The number of hydrogen-bond acceptors (Lipinski definition) is 5. The number of aryl methyl sites for hydroxylation is 1. The zero-order valence-electron chi connectivity index (χ0n) is 14.8. The molecule has 0 fully saturated rings. The van der Waals surface area contributed by atoms with Crippen molar-refractivity contribution >= 4 is 34.5 Å². The lowest BCUT2D eigenvalue weighted by Gasteiger charge is -2.07. The monoisotopic (exact) mass is 436 g/mol. The first-order valence-electron chi connectivity index (χ1n) is 8.46. The first kappa shape index (κ1) is 20.8. The summed E-state index contributed by atoms with van der Waals surface area (Å²) in [6.45, 7) is 1.86. The van der Waals surface area contributed by atoms with Gasteiger partial charge in [0.15, 0.2) is 5.82 Å². The van der Waals surface area contributed by atoms with Gasteiger partial charge in [0.1, 0.15) is 16.4 Å². The van der Waals surface area contributed by atoms with Gasteiger partial charge in [-0.1, -0.05) is 11.6 Å². The number of ether oxygens (including phenoxy) is 1. The van der Waals surface area contributed by atoms with E-state index >= 15 is 0 Å². The Balaban J connectivity index is 1.77. The van der Waals surface area contributed by atoms with Crippen molar-refractivity contribution < 1.29 is 22.3 Å². The molecule has 1 N–H and O–H groups in total. The van der Waals surface area contributed by atoms with Crippen LogP contribution in [0.4, 0.5) is 19.0 Å². The number of aromatic nitrogens is 3. The van der Waals surface area contributed by atoms with Crippen LogP contribution in [0.15, 0.2) is 22.8 Å². The second kappa shape index (κ2) is 8.59. The van der Waals surface area contributed by atoms with E-state index in [2.05, 4.69) is 20.1 Å². The van der Waals surface area contributed by atoms with Gasteiger partial charge in [-0.25, -0.2) is 4.52 Å². The summed E-state index contributed by atoms with van der Waals surface area (Å²) in [5.41, 5.74) is 2.27. The largest absolute Gasteiger partial charge is 0.522 e. The van der Waals surface area contributed by atoms with Crippen molar-refractivity contribution in [3.8, 4) is 0 Å². The lowest BCUT2D eigenvalue weighted by molar-refractivity contribution is -0.324. The number of alkyl halides is 3. The summed E-state index contributed by atoms with van der Waals surface area (Å²) < 4.78 is 46.7. The Bertz CT molecular complexity index is 942. The van der Waals surface area contributed by atoms with E-state index in [1.54, 1.807) is 12.3 Å². The van der Waals surface area contributed by atoms with Crippen LogP contribution in [0, 0.1) is 6.92 Å². The van der Waals surface area contributed by atoms with E-state index in [1.165, 1.54) is 4.52 Å². The van der Waals surface area contributed by atoms with E-state index in [0.717, 1.165) is 11.1 Å². The number of anilines is 1. The number of nitrogens with zero attached hydrogens (tertiary/aromatic N) is 3. The minimum atomic E-state index is -4.61. The molecule has 0 aliphatic rings. The number of halogens is 5. The maximum absolute atomic E-state index is 12.0. The molecular weight excluding hydrogens is 420 g/mol. The van der Waals surface area contributed by atoms with Gasteiger partial charge in [0.05, 0.1) is 19.4 Å². The van der Waals surface area contributed by atoms with E-state index in [1.807, 2.05) is 13.0 Å². The third-order valence-electron chi connectivity index (χ3n) is 4.16. The molecule has 0 unspecified atom stereocenters. The Kier molecular flexibility index (Phi) is 6.36. The summed E-state index contributed by atoms with van der Waals surface area (Å²) in [5.74, 6) is 1.20. The van der Waals surface area contributed by atoms with Gasteiger partial charge in [0, 0.05) is 0 Å². The van der Waals surface area contributed by atoms with E-state index in [0.29, 0.717) is 41.6 Å². The lowest BCUT2D eigenvalue weighted by atomic mass is 10.1. The Morgan fingerprint density at radius 2 is 2.07 bits per heavy atom. The topological polar surface area (TPSA) is 64.6 Å². The van der Waals surface area contributed by atoms with Crippen molar-refractivity contribution in [1.82, 2.24) is 14.6 Å². The molecule has 0 saturated carbocycles. The third-order valence-corrected chi connectivity index (χ3v) is 4.71. The van der Waals surface area contributed by atoms with Crippen LogP contribution < -0.4 is 5.32 Å². The standard InChI is InChI=1S/C17H17Cl2F3N4O2/c1-10-12(6-2-3-8-28-17(20,21)22)14(18)26-13(10)15(24-16(19)25-26)23-9-11-5-4-7-27-11/h4-5,7H,2-3,6,8-9H2,1H3,(H,23,24,25). The molecule has 28 heavy (non-hydrogen) atoms. The Hall–Kier alpha value is -1.97. The van der Waals surface area contributed by atoms with Crippen LogP contribution in [0.3, 0.4) is 0 Å². The molecule has 3 rings (SSSR count). The first-order valence-corrected chi connectivity index (χ1v) is 9.22. The molecular formula is C17H17Cl2F3N4O2. The average Bonchev–Trinajstić information content (AvgIpc) is 3.21. The van der Waals surface area contributed by atoms with Crippen molar-refractivity contribution in [3.63, 3.8) is 0 Å². The van der Waals surface area contributed by atoms with Crippen molar-refractivity contribution in [3.05, 3.63) is 45.7 Å². The van der Waals surface area contributed by atoms with Crippen molar-refractivity contribution in [2.75, 3.05) is 11.9 Å². The quantitative estimate of drug-likeness (QED) is 0.478. The van der Waals surface area contributed by atoms with E-state index < -0.39 is 13.0 Å². The molecule has 0 amide bonds. The number of hydrogen-bond donors (Lipinski definition) is 1. The maximum Gasteiger partial charge on any atom is 0.522 e. The molecule has 11 heteroatoms. The highest BCUT2D eigenvalue weighted by Crippen LogP contribution is 2.32. The Labute approximate surface area is 168 Å². The zero-order valence-corrected chi connectivity index (χ0v) is 16.3. The predicted octanol–water partition coefficient (Wildman–Crippen LogP) is 5.41. The number of nitrogens with one attached hydrogen (secondary N) is 1. The smallest absolute Gasteiger partial charge is 0.467 e. The number of rotatable bonds is 8. The second-order valence-corrected chi connectivity index (χ2v) is 6.76. The van der Waals surface area contributed by atoms with Crippen LogP contribution in [-0.2, 0) is 17.7 Å². The fourth-order valence-corrected chi connectivity index (χ4v) is 3.41. The van der Waals surface area contributed by atoms with E-state index in [-0.39, 0.29) is 11.7 Å². The highest BCUT2D eigenvalue weighted by Gasteiger charge is 2.28. The molecule has 152 valence electrons. The number of fused-ring (bicyclic) bond motifs is 1. The molecule has 3 aromatic heterocycles. The minimum absolute atomic E-state index is 0.0106. The van der Waals surface area contributed by atoms with Gasteiger partial charge >= 0.3 is 6.36 Å². The normalized spacial score (nSPS) is 12.1. The minimum Gasteiger partial charge on any atom is -0.467 e. The van der Waals surface area contributed by atoms with Crippen molar-refractivity contribution in [2.24, 2.45) is 0 Å². The molecule has 3 heterocycles. The molecule has 0 aliphatic heterocycles. The van der Waals surface area contributed by atoms with Crippen LogP contribution in [0.1, 0.15) is 29.7 Å². The van der Waals surface area contributed by atoms with Crippen LogP contribution in [-0.4, -0.2) is 27.6 Å².